The molecule has 1 fully saturated rings. The fourth-order valence-corrected chi connectivity index (χ4v) is 6.71. The number of ether oxygens (including phenoxy) is 2. The molecule has 0 aliphatic carbocycles. The zero-order valence-corrected chi connectivity index (χ0v) is 27.0. The van der Waals surface area contributed by atoms with Crippen LogP contribution in [0.5, 0.6) is 0 Å². The van der Waals surface area contributed by atoms with E-state index in [0.717, 1.165) is 39.8 Å². The van der Waals surface area contributed by atoms with Gasteiger partial charge in [-0.1, -0.05) is 35.3 Å². The minimum Gasteiger partial charge on any atom is -0.477 e. The summed E-state index contributed by atoms with van der Waals surface area (Å²) in [5.74, 6) is -4.58. The smallest absolute Gasteiger partial charge is 0.381 e. The number of allylic oxidation sites excluding steroid dienone is 1. The molecule has 4 rings (SSSR count). The molecule has 240 valence electrons. The summed E-state index contributed by atoms with van der Waals surface area (Å²) >= 11 is 3.24. The van der Waals surface area contributed by atoms with E-state index in [1.807, 2.05) is 0 Å². The minimum atomic E-state index is -1.37. The van der Waals surface area contributed by atoms with Gasteiger partial charge in [0.05, 0.1) is 5.41 Å². The summed E-state index contributed by atoms with van der Waals surface area (Å²) in [6, 6.07) is -1.09. The number of aryl methyl sites for hydroxylation is 1. The molecule has 0 spiro atoms. The fourth-order valence-electron chi connectivity index (χ4n) is 3.87. The number of oxime groups is 1. The lowest BCUT2D eigenvalue weighted by Crippen LogP contribution is -2.70. The number of thioether (sulfide) groups is 2. The number of carbonyl (C=O) groups excluding carboxylic acids is 4. The SMILES string of the molecule is C=C1S[C@@H]2[C@H](NC(=O)/C(=N\OC)c3csc(N)n3)C(=O)N2C(C(=O)O)=C1CSc1nc(C(=O)OCOC(=O)C(C)(C)C)nn1C. The van der Waals surface area contributed by atoms with Crippen LogP contribution in [-0.2, 0) is 40.5 Å². The van der Waals surface area contributed by atoms with Gasteiger partial charge in [-0.05, 0) is 20.8 Å². The first-order chi connectivity index (χ1) is 21.1. The number of hydrogen-bond donors (Lipinski definition) is 3. The lowest BCUT2D eigenvalue weighted by molar-refractivity contribution is -0.161. The van der Waals surface area contributed by atoms with Crippen molar-refractivity contribution in [3.63, 3.8) is 0 Å². The second-order valence-corrected chi connectivity index (χ2v) is 13.3. The number of fused-ring (bicyclic) bond motifs is 1. The van der Waals surface area contributed by atoms with Crippen LogP contribution in [0.1, 0.15) is 37.1 Å². The number of nitrogen functional groups attached to an aromatic ring is 1. The Labute approximate surface area is 268 Å². The molecule has 0 saturated carbocycles. The number of aliphatic carboxylic acids is 1. The van der Waals surface area contributed by atoms with Crippen LogP contribution in [0.3, 0.4) is 0 Å². The highest BCUT2D eigenvalue weighted by Gasteiger charge is 2.55. The van der Waals surface area contributed by atoms with Gasteiger partial charge in [-0.3, -0.25) is 19.3 Å². The molecule has 0 bridgehead atoms. The molecule has 20 heteroatoms. The maximum atomic E-state index is 13.2. The van der Waals surface area contributed by atoms with E-state index in [4.69, 9.17) is 20.0 Å². The highest BCUT2D eigenvalue weighted by molar-refractivity contribution is 8.04. The van der Waals surface area contributed by atoms with Crippen molar-refractivity contribution < 1.29 is 43.4 Å². The van der Waals surface area contributed by atoms with Gasteiger partial charge in [-0.15, -0.1) is 16.4 Å². The highest BCUT2D eigenvalue weighted by atomic mass is 32.2. The summed E-state index contributed by atoms with van der Waals surface area (Å²) in [4.78, 5) is 77.1. The Hall–Kier alpha value is -4.43. The van der Waals surface area contributed by atoms with Crippen LogP contribution in [0, 0.1) is 5.41 Å². The van der Waals surface area contributed by atoms with E-state index in [1.165, 1.54) is 24.2 Å². The molecule has 2 aromatic rings. The average Bonchev–Trinajstić information content (AvgIpc) is 3.57. The summed E-state index contributed by atoms with van der Waals surface area (Å²) in [6.45, 7) is 8.32. The van der Waals surface area contributed by atoms with E-state index < -0.39 is 53.3 Å². The molecule has 0 radical (unpaired) electrons. The number of amides is 2. The summed E-state index contributed by atoms with van der Waals surface area (Å²) in [5.41, 5.74) is 4.76. The number of rotatable bonds is 11. The van der Waals surface area contributed by atoms with Crippen molar-refractivity contribution in [1.29, 1.82) is 0 Å². The summed E-state index contributed by atoms with van der Waals surface area (Å²) < 4.78 is 11.1. The van der Waals surface area contributed by atoms with Crippen LogP contribution in [0.15, 0.2) is 38.4 Å². The van der Waals surface area contributed by atoms with Gasteiger partial charge >= 0.3 is 17.9 Å². The third kappa shape index (κ3) is 7.12. The topological polar surface area (TPSA) is 231 Å². The van der Waals surface area contributed by atoms with Gasteiger partial charge < -0.3 is 30.5 Å². The number of carboxylic acid groups (broad SMARTS) is 1. The Bertz CT molecular complexity index is 1640. The molecule has 0 unspecified atom stereocenters. The molecule has 2 aliphatic heterocycles. The Balaban J connectivity index is 1.44. The van der Waals surface area contributed by atoms with Crippen molar-refractivity contribution in [2.75, 3.05) is 25.4 Å². The number of anilines is 1. The largest absolute Gasteiger partial charge is 0.477 e. The maximum Gasteiger partial charge on any atom is 0.381 e. The van der Waals surface area contributed by atoms with Gasteiger partial charge in [0.2, 0.25) is 6.79 Å². The van der Waals surface area contributed by atoms with Gasteiger partial charge in [0.25, 0.3) is 17.6 Å². The Morgan fingerprint density at radius 2 is 1.96 bits per heavy atom. The molecule has 4 heterocycles. The van der Waals surface area contributed by atoms with Gasteiger partial charge in [0.1, 0.15) is 29.9 Å². The van der Waals surface area contributed by atoms with E-state index in [2.05, 4.69) is 32.1 Å². The van der Waals surface area contributed by atoms with Crippen molar-refractivity contribution in [2.24, 2.45) is 17.6 Å². The number of β-lactam (4-membered cyclic amide) rings is 1. The van der Waals surface area contributed by atoms with Crippen molar-refractivity contribution >= 4 is 75.4 Å². The van der Waals surface area contributed by atoms with Gasteiger partial charge in [0.15, 0.2) is 16.0 Å². The first-order valence-corrected chi connectivity index (χ1v) is 15.6. The molecule has 1 saturated heterocycles. The average molecular weight is 681 g/mol. The van der Waals surface area contributed by atoms with Gasteiger partial charge in [0, 0.05) is 28.7 Å². The number of carboxylic acids is 1. The summed E-state index contributed by atoms with van der Waals surface area (Å²) in [5, 5.41) is 21.5. The van der Waals surface area contributed by atoms with Crippen molar-refractivity contribution in [1.82, 2.24) is 30.0 Å². The maximum absolute atomic E-state index is 13.2. The number of carbonyl (C=O) groups is 5. The molecule has 2 aromatic heterocycles. The number of nitrogens with one attached hydrogen (secondary N) is 1. The van der Waals surface area contributed by atoms with Crippen molar-refractivity contribution in [3.05, 3.63) is 39.7 Å². The fraction of sp³-hybridized carbons (Fsp3) is 0.400. The lowest BCUT2D eigenvalue weighted by Gasteiger charge is -2.49. The number of esters is 2. The van der Waals surface area contributed by atoms with Crippen LogP contribution < -0.4 is 11.1 Å². The second kappa shape index (κ2) is 13.3. The number of aromatic nitrogens is 4. The first kappa shape index (κ1) is 33.5. The van der Waals surface area contributed by atoms with Crippen LogP contribution in [0.4, 0.5) is 5.13 Å². The third-order valence-corrected chi connectivity index (χ3v) is 9.04. The van der Waals surface area contributed by atoms with E-state index in [9.17, 15) is 29.1 Å². The first-order valence-electron chi connectivity index (χ1n) is 12.8. The second-order valence-electron chi connectivity index (χ2n) is 10.3. The molecule has 2 aliphatic rings. The molecular formula is C25H28N8O9S3. The van der Waals surface area contributed by atoms with Crippen LogP contribution in [0.2, 0.25) is 0 Å². The molecule has 0 aromatic carbocycles. The Morgan fingerprint density at radius 1 is 1.24 bits per heavy atom. The Kier molecular flexibility index (Phi) is 9.88. The quantitative estimate of drug-likeness (QED) is 0.0749. The predicted molar refractivity (Wildman–Crippen MR) is 162 cm³/mol. The zero-order valence-electron chi connectivity index (χ0n) is 24.6. The zero-order chi connectivity index (χ0) is 33.2. The van der Waals surface area contributed by atoms with Crippen LogP contribution in [-0.4, -0.2) is 96.3 Å². The van der Waals surface area contributed by atoms with Crippen LogP contribution >= 0.6 is 34.9 Å². The molecular weight excluding hydrogens is 653 g/mol. The summed E-state index contributed by atoms with van der Waals surface area (Å²) in [6.07, 6.45) is 0. The van der Waals surface area contributed by atoms with Gasteiger partial charge in [-0.2, -0.15) is 4.98 Å². The van der Waals surface area contributed by atoms with Crippen molar-refractivity contribution in [3.8, 4) is 0 Å². The number of nitrogens with zero attached hydrogens (tertiary/aromatic N) is 6. The van der Waals surface area contributed by atoms with Crippen LogP contribution in [0.25, 0.3) is 0 Å². The third-order valence-electron chi connectivity index (χ3n) is 6.06. The normalized spacial score (nSPS) is 18.2. The van der Waals surface area contributed by atoms with Gasteiger partial charge in [-0.25, -0.2) is 19.3 Å². The molecule has 2 atom stereocenters. The minimum absolute atomic E-state index is 0.00109. The van der Waals surface area contributed by atoms with E-state index in [-0.39, 0.29) is 44.5 Å². The lowest BCUT2D eigenvalue weighted by atomic mass is 9.98. The number of hydrogen-bond acceptors (Lipinski definition) is 16. The van der Waals surface area contributed by atoms with E-state index in [1.54, 1.807) is 20.8 Å². The predicted octanol–water partition coefficient (Wildman–Crippen LogP) is 0.952. The standard InChI is InChI=1S/C25H28N8O9S3/c1-10-11(7-44-24-29-16(30-32(24)5)21(38)41-9-42-22(39)25(2,3)4)15(20(36)37)33-18(35)14(19(33)45-10)28-17(34)13(31-40-6)12-8-43-23(26)27-12/h8,14,19H,1,7,9H2,2-6H3,(H2,26,27)(H,28,34)(H,36,37)/b31-13-/t14-,19-/m1/s1. The summed E-state index contributed by atoms with van der Waals surface area (Å²) in [7, 11) is 2.76. The Morgan fingerprint density at radius 3 is 2.56 bits per heavy atom. The van der Waals surface area contributed by atoms with Crippen molar-refractivity contribution in [2.45, 2.75) is 37.3 Å². The van der Waals surface area contributed by atoms with E-state index in [0.29, 0.717) is 4.91 Å². The molecule has 2 amide bonds. The molecule has 17 nitrogen and oxygen atoms in total. The number of nitrogens with two attached hydrogens (primary N) is 1. The molecule has 45 heavy (non-hydrogen) atoms. The highest BCUT2D eigenvalue weighted by Crippen LogP contribution is 2.47. The number of thiazole rings is 1. The molecule has 4 N–H and O–H groups in total. The monoisotopic (exact) mass is 680 g/mol. The van der Waals surface area contributed by atoms with E-state index >= 15 is 0 Å².